The minimum absolute atomic E-state index is 0.555. The van der Waals surface area contributed by atoms with Crippen molar-refractivity contribution in [2.24, 2.45) is 0 Å². The Bertz CT molecular complexity index is 84.6. The zero-order valence-corrected chi connectivity index (χ0v) is 6.35. The van der Waals surface area contributed by atoms with Gasteiger partial charge in [-0.3, -0.25) is 0 Å². The molecule has 0 aliphatic carbocycles. The minimum atomic E-state index is 0.555. The lowest BCUT2D eigenvalue weighted by Gasteiger charge is -1.93. The van der Waals surface area contributed by atoms with Gasteiger partial charge >= 0.3 is 0 Å². The highest BCUT2D eigenvalue weighted by Gasteiger charge is 1.87. The van der Waals surface area contributed by atoms with Crippen molar-refractivity contribution in [1.29, 1.82) is 0 Å². The Morgan fingerprint density at radius 2 is 2.00 bits per heavy atom. The van der Waals surface area contributed by atoms with Gasteiger partial charge < -0.3 is 5.11 Å². The van der Waals surface area contributed by atoms with E-state index in [1.807, 2.05) is 6.08 Å². The fraction of sp³-hybridized carbons (Fsp3) is 0.750. The lowest BCUT2D eigenvalue weighted by molar-refractivity contribution is 0.383. The molecule has 0 aromatic heterocycles. The molecule has 0 unspecified atom stereocenters. The summed E-state index contributed by atoms with van der Waals surface area (Å²) in [6.45, 7) is 4.17. The minimum Gasteiger partial charge on any atom is -0.513 e. The molecule has 0 bridgehead atoms. The fourth-order valence-electron chi connectivity index (χ4n) is 0.669. The summed E-state index contributed by atoms with van der Waals surface area (Å²) in [5.74, 6) is 0.555. The maximum Gasteiger partial charge on any atom is 0.0882 e. The Morgan fingerprint density at radius 1 is 1.33 bits per heavy atom. The molecule has 1 N–H and O–H groups in total. The quantitative estimate of drug-likeness (QED) is 0.577. The SMILES string of the molecule is CCC/C=C(\O)CCC. The van der Waals surface area contributed by atoms with Crippen LogP contribution in [0.15, 0.2) is 11.8 Å². The molecule has 0 rings (SSSR count). The highest BCUT2D eigenvalue weighted by atomic mass is 16.3. The Balaban J connectivity index is 3.30. The van der Waals surface area contributed by atoms with Crippen LogP contribution in [0.1, 0.15) is 39.5 Å². The first-order valence-electron chi connectivity index (χ1n) is 3.69. The van der Waals surface area contributed by atoms with E-state index in [4.69, 9.17) is 5.11 Å². The van der Waals surface area contributed by atoms with Crippen molar-refractivity contribution in [3.8, 4) is 0 Å². The highest BCUT2D eigenvalue weighted by molar-refractivity contribution is 4.89. The van der Waals surface area contributed by atoms with Gasteiger partial charge in [-0.25, -0.2) is 0 Å². The first kappa shape index (κ1) is 8.54. The highest BCUT2D eigenvalue weighted by Crippen LogP contribution is 2.01. The molecule has 0 aromatic rings. The van der Waals surface area contributed by atoms with Crippen LogP contribution in [0.25, 0.3) is 0 Å². The monoisotopic (exact) mass is 128 g/mol. The number of allylic oxidation sites excluding steroid dienone is 2. The van der Waals surface area contributed by atoms with Crippen LogP contribution in [0.3, 0.4) is 0 Å². The van der Waals surface area contributed by atoms with Gasteiger partial charge in [0, 0.05) is 6.42 Å². The standard InChI is InChI=1S/C8H16O/c1-3-5-7-8(9)6-4-2/h7,9H,3-6H2,1-2H3/b8-7-. The summed E-state index contributed by atoms with van der Waals surface area (Å²) >= 11 is 0. The topological polar surface area (TPSA) is 20.2 Å². The second-order valence-corrected chi connectivity index (χ2v) is 2.23. The summed E-state index contributed by atoms with van der Waals surface area (Å²) in [4.78, 5) is 0. The van der Waals surface area contributed by atoms with Crippen LogP contribution >= 0.6 is 0 Å². The number of unbranched alkanes of at least 4 members (excludes halogenated alkanes) is 1. The van der Waals surface area contributed by atoms with Crippen LogP contribution in [0.4, 0.5) is 0 Å². The molecule has 0 radical (unpaired) electrons. The van der Waals surface area contributed by atoms with Crippen molar-refractivity contribution in [2.75, 3.05) is 0 Å². The number of aliphatic hydroxyl groups excluding tert-OH is 1. The molecule has 54 valence electrons. The average Bonchev–Trinajstić information content (AvgIpc) is 1.85. The largest absolute Gasteiger partial charge is 0.513 e. The number of hydrogen-bond acceptors (Lipinski definition) is 1. The van der Waals surface area contributed by atoms with Gasteiger partial charge in [0.05, 0.1) is 5.76 Å². The molecule has 0 heterocycles. The van der Waals surface area contributed by atoms with Crippen molar-refractivity contribution in [3.05, 3.63) is 11.8 Å². The van der Waals surface area contributed by atoms with Gasteiger partial charge in [0.15, 0.2) is 0 Å². The van der Waals surface area contributed by atoms with Crippen LogP contribution in [0.5, 0.6) is 0 Å². The smallest absolute Gasteiger partial charge is 0.0882 e. The molecule has 1 nitrogen and oxygen atoms in total. The molecule has 0 saturated carbocycles. The van der Waals surface area contributed by atoms with Gasteiger partial charge in [-0.15, -0.1) is 0 Å². The summed E-state index contributed by atoms with van der Waals surface area (Å²) in [6, 6.07) is 0. The third-order valence-corrected chi connectivity index (χ3v) is 1.17. The zero-order chi connectivity index (χ0) is 7.11. The van der Waals surface area contributed by atoms with E-state index in [9.17, 15) is 0 Å². The van der Waals surface area contributed by atoms with Crippen LogP contribution in [-0.4, -0.2) is 5.11 Å². The van der Waals surface area contributed by atoms with Gasteiger partial charge in [-0.2, -0.15) is 0 Å². The molecule has 0 aliphatic heterocycles. The Morgan fingerprint density at radius 3 is 2.44 bits per heavy atom. The molecular weight excluding hydrogens is 112 g/mol. The van der Waals surface area contributed by atoms with Crippen molar-refractivity contribution in [1.82, 2.24) is 0 Å². The molecule has 0 spiro atoms. The van der Waals surface area contributed by atoms with E-state index in [1.165, 1.54) is 0 Å². The van der Waals surface area contributed by atoms with E-state index < -0.39 is 0 Å². The molecule has 0 fully saturated rings. The van der Waals surface area contributed by atoms with Crippen molar-refractivity contribution >= 4 is 0 Å². The lowest BCUT2D eigenvalue weighted by atomic mass is 10.2. The molecule has 0 atom stereocenters. The number of hydrogen-bond donors (Lipinski definition) is 1. The molecule has 0 aromatic carbocycles. The lowest BCUT2D eigenvalue weighted by Crippen LogP contribution is -1.78. The second-order valence-electron chi connectivity index (χ2n) is 2.23. The van der Waals surface area contributed by atoms with Gasteiger partial charge in [0.2, 0.25) is 0 Å². The maximum atomic E-state index is 9.04. The Kier molecular flexibility index (Phi) is 5.38. The van der Waals surface area contributed by atoms with E-state index >= 15 is 0 Å². The Hall–Kier alpha value is -0.460. The van der Waals surface area contributed by atoms with E-state index in [-0.39, 0.29) is 0 Å². The predicted octanol–water partition coefficient (Wildman–Crippen LogP) is 3.03. The molecule has 0 aliphatic rings. The van der Waals surface area contributed by atoms with E-state index in [0.29, 0.717) is 5.76 Å². The normalized spacial score (nSPS) is 12.0. The second kappa shape index (κ2) is 5.67. The van der Waals surface area contributed by atoms with E-state index in [1.54, 1.807) is 0 Å². The van der Waals surface area contributed by atoms with Crippen LogP contribution in [-0.2, 0) is 0 Å². The summed E-state index contributed by atoms with van der Waals surface area (Å²) in [5.41, 5.74) is 0. The molecule has 1 heteroatoms. The number of rotatable bonds is 4. The summed E-state index contributed by atoms with van der Waals surface area (Å²) in [7, 11) is 0. The third kappa shape index (κ3) is 5.41. The van der Waals surface area contributed by atoms with Gasteiger partial charge in [-0.05, 0) is 18.9 Å². The van der Waals surface area contributed by atoms with Crippen molar-refractivity contribution < 1.29 is 5.11 Å². The third-order valence-electron chi connectivity index (χ3n) is 1.17. The van der Waals surface area contributed by atoms with Crippen LogP contribution in [0, 0.1) is 0 Å². The fourth-order valence-corrected chi connectivity index (χ4v) is 0.669. The van der Waals surface area contributed by atoms with Gasteiger partial charge in [0.25, 0.3) is 0 Å². The van der Waals surface area contributed by atoms with Crippen LogP contribution in [0.2, 0.25) is 0 Å². The summed E-state index contributed by atoms with van der Waals surface area (Å²) < 4.78 is 0. The zero-order valence-electron chi connectivity index (χ0n) is 6.35. The first-order chi connectivity index (χ1) is 4.31. The van der Waals surface area contributed by atoms with Gasteiger partial charge in [-0.1, -0.05) is 20.3 Å². The first-order valence-corrected chi connectivity index (χ1v) is 3.69. The maximum absolute atomic E-state index is 9.04. The molecule has 0 amide bonds. The van der Waals surface area contributed by atoms with Gasteiger partial charge in [0.1, 0.15) is 0 Å². The van der Waals surface area contributed by atoms with Crippen molar-refractivity contribution in [3.63, 3.8) is 0 Å². The van der Waals surface area contributed by atoms with Crippen LogP contribution < -0.4 is 0 Å². The van der Waals surface area contributed by atoms with E-state index in [0.717, 1.165) is 25.7 Å². The predicted molar refractivity (Wildman–Crippen MR) is 40.5 cm³/mol. The summed E-state index contributed by atoms with van der Waals surface area (Å²) in [6.07, 6.45) is 5.90. The molecule has 0 saturated heterocycles. The average molecular weight is 128 g/mol. The van der Waals surface area contributed by atoms with Crippen molar-refractivity contribution in [2.45, 2.75) is 39.5 Å². The Labute approximate surface area is 57.4 Å². The number of aliphatic hydroxyl groups is 1. The molecular formula is C8H16O. The molecule has 9 heavy (non-hydrogen) atoms. The van der Waals surface area contributed by atoms with E-state index in [2.05, 4.69) is 13.8 Å². The summed E-state index contributed by atoms with van der Waals surface area (Å²) in [5, 5.41) is 9.04.